The second-order valence-corrected chi connectivity index (χ2v) is 8.30. The molecule has 0 amide bonds. The van der Waals surface area contributed by atoms with Crippen molar-refractivity contribution in [2.45, 2.75) is 20.0 Å². The van der Waals surface area contributed by atoms with Gasteiger partial charge in [-0.15, -0.1) is 34.2 Å². The summed E-state index contributed by atoms with van der Waals surface area (Å²) in [6.07, 6.45) is 4.45. The number of aromatic nitrogens is 3. The summed E-state index contributed by atoms with van der Waals surface area (Å²) in [6, 6.07) is 20.8. The zero-order chi connectivity index (χ0) is 22.9. The molecule has 0 atom stereocenters. The number of aliphatic imine (C=N–C) groups is 1. The number of aryl methyl sites for hydroxylation is 1. The summed E-state index contributed by atoms with van der Waals surface area (Å²) >= 11 is 0. The average Bonchev–Trinajstić information content (AvgIpc) is 3.18. The van der Waals surface area contributed by atoms with Gasteiger partial charge in [-0.2, -0.15) is 0 Å². The number of nitrogens with zero attached hydrogens (tertiary/aromatic N) is 6. The van der Waals surface area contributed by atoms with Crippen LogP contribution in [-0.2, 0) is 20.1 Å². The highest BCUT2D eigenvalue weighted by molar-refractivity contribution is 14.0. The predicted octanol–water partition coefficient (Wildman–Crippen LogP) is 3.72. The number of halogens is 1. The summed E-state index contributed by atoms with van der Waals surface area (Å²) in [5, 5.41) is 12.0. The van der Waals surface area contributed by atoms with E-state index >= 15 is 0 Å². The van der Waals surface area contributed by atoms with Gasteiger partial charge in [0, 0.05) is 39.8 Å². The molecule has 0 unspecified atom stereocenters. The minimum absolute atomic E-state index is 0. The molecule has 3 aromatic rings. The summed E-state index contributed by atoms with van der Waals surface area (Å²) < 4.78 is 2.01. The fourth-order valence-electron chi connectivity index (χ4n) is 3.82. The molecule has 1 N–H and O–H groups in total. The molecule has 0 saturated carbocycles. The van der Waals surface area contributed by atoms with Gasteiger partial charge in [-0.25, -0.2) is 4.99 Å². The Morgan fingerprint density at radius 2 is 1.65 bits per heavy atom. The van der Waals surface area contributed by atoms with Gasteiger partial charge in [0.1, 0.15) is 5.82 Å². The molecule has 0 spiro atoms. The highest BCUT2D eigenvalue weighted by Crippen LogP contribution is 2.07. The molecule has 0 aliphatic carbocycles. The van der Waals surface area contributed by atoms with Crippen molar-refractivity contribution in [1.29, 1.82) is 0 Å². The molecule has 0 radical (unpaired) electrons. The first-order chi connectivity index (χ1) is 16.2. The van der Waals surface area contributed by atoms with E-state index in [1.165, 1.54) is 11.1 Å². The van der Waals surface area contributed by atoms with Gasteiger partial charge in [-0.1, -0.05) is 72.8 Å². The minimum Gasteiger partial charge on any atom is -0.349 e. The fourth-order valence-corrected chi connectivity index (χ4v) is 3.82. The molecule has 180 valence electrons. The van der Waals surface area contributed by atoms with E-state index in [1.807, 2.05) is 30.7 Å². The molecule has 2 heterocycles. The van der Waals surface area contributed by atoms with Gasteiger partial charge in [0.05, 0.1) is 13.1 Å². The molecule has 7 nitrogen and oxygen atoms in total. The largest absolute Gasteiger partial charge is 0.349 e. The van der Waals surface area contributed by atoms with Gasteiger partial charge in [0.25, 0.3) is 0 Å². The summed E-state index contributed by atoms with van der Waals surface area (Å²) in [6.45, 7) is 8.08. The van der Waals surface area contributed by atoms with Gasteiger partial charge in [0.15, 0.2) is 11.8 Å². The zero-order valence-corrected chi connectivity index (χ0v) is 22.3. The molecule has 1 aromatic heterocycles. The Kier molecular flexibility index (Phi) is 10.1. The number of guanidine groups is 1. The maximum atomic E-state index is 4.94. The van der Waals surface area contributed by atoms with Crippen molar-refractivity contribution in [2.75, 3.05) is 32.7 Å². The van der Waals surface area contributed by atoms with Crippen molar-refractivity contribution in [1.82, 2.24) is 29.9 Å². The summed E-state index contributed by atoms with van der Waals surface area (Å²) in [7, 11) is 1.99. The first kappa shape index (κ1) is 25.9. The molecule has 1 aliphatic rings. The van der Waals surface area contributed by atoms with E-state index in [2.05, 4.69) is 86.0 Å². The van der Waals surface area contributed by atoms with E-state index in [4.69, 9.17) is 4.99 Å². The second-order valence-electron chi connectivity index (χ2n) is 8.30. The summed E-state index contributed by atoms with van der Waals surface area (Å²) in [5.41, 5.74) is 2.45. The standard InChI is InChI=1S/C26H33N7.HI/c1-22-29-30-25(31(22)2)21-28-26(27-20-24-12-7-4-8-13-24)33-18-16-32(17-19-33)15-9-14-23-10-5-3-6-11-23;/h3-14H,15-21H2,1-2H3,(H,27,28);1H/b14-9+;. The highest BCUT2D eigenvalue weighted by Gasteiger charge is 2.19. The van der Waals surface area contributed by atoms with E-state index in [1.54, 1.807) is 0 Å². The lowest BCUT2D eigenvalue weighted by Crippen LogP contribution is -2.52. The molecule has 4 rings (SSSR count). The van der Waals surface area contributed by atoms with Crippen LogP contribution in [0.2, 0.25) is 0 Å². The molecular formula is C26H34IN7. The second kappa shape index (κ2) is 13.2. The predicted molar refractivity (Wildman–Crippen MR) is 149 cm³/mol. The monoisotopic (exact) mass is 571 g/mol. The number of hydrogen-bond acceptors (Lipinski definition) is 4. The minimum atomic E-state index is 0. The lowest BCUT2D eigenvalue weighted by molar-refractivity contribution is 0.194. The topological polar surface area (TPSA) is 61.6 Å². The van der Waals surface area contributed by atoms with Gasteiger partial charge in [-0.05, 0) is 18.1 Å². The van der Waals surface area contributed by atoms with E-state index in [0.717, 1.165) is 50.3 Å². The van der Waals surface area contributed by atoms with Crippen molar-refractivity contribution in [3.8, 4) is 0 Å². The van der Waals surface area contributed by atoms with Crippen molar-refractivity contribution < 1.29 is 0 Å². The molecule has 8 heteroatoms. The summed E-state index contributed by atoms with van der Waals surface area (Å²) in [5.74, 6) is 2.75. The Labute approximate surface area is 219 Å². The van der Waals surface area contributed by atoms with E-state index in [-0.39, 0.29) is 24.0 Å². The summed E-state index contributed by atoms with van der Waals surface area (Å²) in [4.78, 5) is 9.77. The maximum absolute atomic E-state index is 4.94. The molecule has 1 saturated heterocycles. The van der Waals surface area contributed by atoms with E-state index in [0.29, 0.717) is 13.1 Å². The van der Waals surface area contributed by atoms with E-state index < -0.39 is 0 Å². The SMILES string of the molecule is Cc1nnc(CNC(=NCc2ccccc2)N2CCN(C/C=C/c3ccccc3)CC2)n1C.I. The van der Waals surface area contributed by atoms with Crippen LogP contribution >= 0.6 is 24.0 Å². The molecule has 34 heavy (non-hydrogen) atoms. The Bertz CT molecular complexity index is 1060. The third-order valence-electron chi connectivity index (χ3n) is 5.99. The van der Waals surface area contributed by atoms with Crippen LogP contribution in [0.25, 0.3) is 6.08 Å². The van der Waals surface area contributed by atoms with Gasteiger partial charge >= 0.3 is 0 Å². The maximum Gasteiger partial charge on any atom is 0.194 e. The molecule has 2 aromatic carbocycles. The van der Waals surface area contributed by atoms with Crippen LogP contribution in [0.15, 0.2) is 71.7 Å². The smallest absolute Gasteiger partial charge is 0.194 e. The first-order valence-corrected chi connectivity index (χ1v) is 11.5. The van der Waals surface area contributed by atoms with Crippen LogP contribution in [0.5, 0.6) is 0 Å². The van der Waals surface area contributed by atoms with Gasteiger partial charge < -0.3 is 14.8 Å². The van der Waals surface area contributed by atoms with Crippen LogP contribution in [-0.4, -0.2) is 63.2 Å². The normalized spacial score (nSPS) is 14.9. The molecular weight excluding hydrogens is 537 g/mol. The Morgan fingerprint density at radius 1 is 0.971 bits per heavy atom. The third-order valence-corrected chi connectivity index (χ3v) is 5.99. The van der Waals surface area contributed by atoms with Gasteiger partial charge in [-0.3, -0.25) is 4.90 Å². The fraction of sp³-hybridized carbons (Fsp3) is 0.346. The van der Waals surface area contributed by atoms with Crippen LogP contribution in [0.3, 0.4) is 0 Å². The number of hydrogen-bond donors (Lipinski definition) is 1. The van der Waals surface area contributed by atoms with Crippen LogP contribution in [0, 0.1) is 6.92 Å². The number of piperazine rings is 1. The number of benzene rings is 2. The quantitative estimate of drug-likeness (QED) is 0.266. The van der Waals surface area contributed by atoms with Crippen LogP contribution in [0.4, 0.5) is 0 Å². The number of rotatable bonds is 7. The van der Waals surface area contributed by atoms with Crippen LogP contribution in [0.1, 0.15) is 22.8 Å². The lowest BCUT2D eigenvalue weighted by atomic mass is 10.2. The van der Waals surface area contributed by atoms with E-state index in [9.17, 15) is 0 Å². The number of nitrogens with one attached hydrogen (secondary N) is 1. The van der Waals surface area contributed by atoms with Crippen molar-refractivity contribution in [3.63, 3.8) is 0 Å². The zero-order valence-electron chi connectivity index (χ0n) is 20.0. The van der Waals surface area contributed by atoms with Crippen LogP contribution < -0.4 is 5.32 Å². The first-order valence-electron chi connectivity index (χ1n) is 11.5. The van der Waals surface area contributed by atoms with Crippen molar-refractivity contribution in [2.24, 2.45) is 12.0 Å². The van der Waals surface area contributed by atoms with Crippen molar-refractivity contribution in [3.05, 3.63) is 89.5 Å². The molecule has 0 bridgehead atoms. The van der Waals surface area contributed by atoms with Gasteiger partial charge in [0.2, 0.25) is 0 Å². The molecule has 1 aliphatic heterocycles. The Morgan fingerprint density at radius 3 is 2.29 bits per heavy atom. The highest BCUT2D eigenvalue weighted by atomic mass is 127. The molecule has 1 fully saturated rings. The Hall–Kier alpha value is -2.72. The average molecular weight is 572 g/mol. The Balaban J connectivity index is 0.00000324. The third kappa shape index (κ3) is 7.39. The lowest BCUT2D eigenvalue weighted by Gasteiger charge is -2.36. The van der Waals surface area contributed by atoms with Crippen molar-refractivity contribution >= 4 is 36.0 Å².